The monoisotopic (exact) mass is 245 g/mol. The third kappa shape index (κ3) is 2.22. The van der Waals surface area contributed by atoms with Gasteiger partial charge in [0.1, 0.15) is 6.10 Å². The molecule has 1 fully saturated rings. The second-order valence-corrected chi connectivity index (χ2v) is 4.42. The number of nitrogens with zero attached hydrogens (tertiary/aromatic N) is 2. The Balaban J connectivity index is 1.75. The van der Waals surface area contributed by atoms with Gasteiger partial charge in [-0.15, -0.1) is 0 Å². The van der Waals surface area contributed by atoms with Crippen LogP contribution < -0.4 is 5.73 Å². The summed E-state index contributed by atoms with van der Waals surface area (Å²) in [6.07, 6.45) is 2.58. The minimum atomic E-state index is -0.00406. The summed E-state index contributed by atoms with van der Waals surface area (Å²) in [6.45, 7) is 0.778. The van der Waals surface area contributed by atoms with E-state index in [-0.39, 0.29) is 6.10 Å². The maximum absolute atomic E-state index is 5.88. The number of ether oxygens (including phenoxy) is 1. The summed E-state index contributed by atoms with van der Waals surface area (Å²) in [5.41, 5.74) is 7.63. The van der Waals surface area contributed by atoms with E-state index in [1.165, 1.54) is 0 Å². The maximum atomic E-state index is 5.88. The second-order valence-electron chi connectivity index (χ2n) is 4.42. The first-order valence-corrected chi connectivity index (χ1v) is 6.10. The molecule has 94 valence electrons. The fraction of sp³-hybridized carbons (Fsp3) is 0.385. The molecule has 18 heavy (non-hydrogen) atoms. The quantitative estimate of drug-likeness (QED) is 0.838. The average molecular weight is 245 g/mol. The molecule has 1 unspecified atom stereocenters. The molecule has 2 heterocycles. The number of nitrogens with two attached hydrogens (primary N) is 1. The van der Waals surface area contributed by atoms with Crippen LogP contribution in [0.1, 0.15) is 36.2 Å². The zero-order valence-electron chi connectivity index (χ0n) is 10.0. The lowest BCUT2D eigenvalue weighted by Crippen LogP contribution is -1.99. The van der Waals surface area contributed by atoms with Gasteiger partial charge in [-0.25, -0.2) is 0 Å². The van der Waals surface area contributed by atoms with Crippen LogP contribution in [0.3, 0.4) is 0 Å². The summed E-state index contributed by atoms with van der Waals surface area (Å²) in [4.78, 5) is 4.37. The van der Waals surface area contributed by atoms with Crippen molar-refractivity contribution in [2.45, 2.75) is 25.4 Å². The minimum Gasteiger partial charge on any atom is -0.398 e. The van der Waals surface area contributed by atoms with E-state index >= 15 is 0 Å². The first kappa shape index (κ1) is 11.2. The molecule has 1 aliphatic rings. The van der Waals surface area contributed by atoms with Gasteiger partial charge in [0.15, 0.2) is 0 Å². The van der Waals surface area contributed by atoms with Crippen LogP contribution in [0.25, 0.3) is 0 Å². The number of anilines is 1. The highest BCUT2D eigenvalue weighted by atomic mass is 16.5. The van der Waals surface area contributed by atoms with Crippen molar-refractivity contribution in [2.24, 2.45) is 0 Å². The van der Waals surface area contributed by atoms with Crippen molar-refractivity contribution in [3.8, 4) is 0 Å². The van der Waals surface area contributed by atoms with Crippen LogP contribution in [0.15, 0.2) is 28.8 Å². The summed E-state index contributed by atoms with van der Waals surface area (Å²) in [7, 11) is 0. The Morgan fingerprint density at radius 1 is 1.33 bits per heavy atom. The van der Waals surface area contributed by atoms with Crippen molar-refractivity contribution in [3.05, 3.63) is 41.5 Å². The van der Waals surface area contributed by atoms with Gasteiger partial charge in [-0.05, 0) is 24.5 Å². The number of aromatic nitrogens is 2. The van der Waals surface area contributed by atoms with Gasteiger partial charge in [0.05, 0.1) is 6.42 Å². The second kappa shape index (κ2) is 4.78. The van der Waals surface area contributed by atoms with Crippen LogP contribution in [0.5, 0.6) is 0 Å². The molecule has 1 atom stereocenters. The van der Waals surface area contributed by atoms with Crippen molar-refractivity contribution in [1.82, 2.24) is 10.1 Å². The van der Waals surface area contributed by atoms with Crippen LogP contribution >= 0.6 is 0 Å². The molecule has 0 radical (unpaired) electrons. The summed E-state index contributed by atoms with van der Waals surface area (Å²) in [5, 5.41) is 3.97. The first-order valence-electron chi connectivity index (χ1n) is 6.10. The van der Waals surface area contributed by atoms with E-state index in [2.05, 4.69) is 10.1 Å². The highest BCUT2D eigenvalue weighted by molar-refractivity contribution is 5.47. The lowest BCUT2D eigenvalue weighted by Gasteiger charge is -2.02. The highest BCUT2D eigenvalue weighted by Gasteiger charge is 2.23. The zero-order chi connectivity index (χ0) is 12.4. The van der Waals surface area contributed by atoms with E-state index in [0.29, 0.717) is 18.1 Å². The van der Waals surface area contributed by atoms with Crippen molar-refractivity contribution < 1.29 is 9.26 Å². The van der Waals surface area contributed by atoms with Crippen molar-refractivity contribution >= 4 is 5.69 Å². The molecule has 0 spiro atoms. The van der Waals surface area contributed by atoms with Crippen molar-refractivity contribution in [2.75, 3.05) is 12.3 Å². The van der Waals surface area contributed by atoms with E-state index in [1.54, 1.807) is 0 Å². The fourth-order valence-electron chi connectivity index (χ4n) is 2.11. The molecule has 0 bridgehead atoms. The summed E-state index contributed by atoms with van der Waals surface area (Å²) in [6, 6.07) is 7.69. The Morgan fingerprint density at radius 2 is 2.22 bits per heavy atom. The molecule has 5 heteroatoms. The number of rotatable bonds is 3. The van der Waals surface area contributed by atoms with Crippen LogP contribution in [-0.2, 0) is 11.2 Å². The lowest BCUT2D eigenvalue weighted by molar-refractivity contribution is 0.103. The van der Waals surface area contributed by atoms with Crippen LogP contribution in [0.4, 0.5) is 5.69 Å². The van der Waals surface area contributed by atoms with Gasteiger partial charge in [-0.2, -0.15) is 4.98 Å². The van der Waals surface area contributed by atoms with Gasteiger partial charge in [0.2, 0.25) is 11.7 Å². The Hall–Kier alpha value is -1.88. The van der Waals surface area contributed by atoms with Crippen molar-refractivity contribution in [3.63, 3.8) is 0 Å². The fourth-order valence-corrected chi connectivity index (χ4v) is 2.11. The summed E-state index contributed by atoms with van der Waals surface area (Å²) < 4.78 is 10.8. The molecule has 1 aliphatic heterocycles. The molecular formula is C13H15N3O2. The molecule has 1 aromatic heterocycles. The molecule has 2 aromatic rings. The van der Waals surface area contributed by atoms with E-state index in [9.17, 15) is 0 Å². The lowest BCUT2D eigenvalue weighted by atomic mass is 10.1. The number of benzene rings is 1. The van der Waals surface area contributed by atoms with Crippen LogP contribution in [0.2, 0.25) is 0 Å². The molecule has 0 amide bonds. The van der Waals surface area contributed by atoms with Crippen LogP contribution in [-0.4, -0.2) is 16.7 Å². The molecule has 0 saturated carbocycles. The Morgan fingerprint density at radius 3 is 3.00 bits per heavy atom. The number of nitrogen functional groups attached to an aromatic ring is 1. The van der Waals surface area contributed by atoms with E-state index in [0.717, 1.165) is 30.7 Å². The van der Waals surface area contributed by atoms with E-state index < -0.39 is 0 Å². The standard InChI is InChI=1S/C13H15N3O2/c14-10-5-2-1-4-9(10)8-12-15-13(16-18-12)11-6-3-7-17-11/h1-2,4-5,11H,3,6-8,14H2. The van der Waals surface area contributed by atoms with Gasteiger partial charge >= 0.3 is 0 Å². The molecular weight excluding hydrogens is 230 g/mol. The molecule has 1 aromatic carbocycles. The minimum absolute atomic E-state index is 0.00406. The number of hydrogen-bond donors (Lipinski definition) is 1. The first-order chi connectivity index (χ1) is 8.83. The maximum Gasteiger partial charge on any atom is 0.231 e. The van der Waals surface area contributed by atoms with Crippen LogP contribution in [0, 0.1) is 0 Å². The summed E-state index contributed by atoms with van der Waals surface area (Å²) in [5.74, 6) is 1.23. The Labute approximate surface area is 105 Å². The number of hydrogen-bond acceptors (Lipinski definition) is 5. The van der Waals surface area contributed by atoms with Gasteiger partial charge < -0.3 is 15.0 Å². The molecule has 0 aliphatic carbocycles. The molecule has 1 saturated heterocycles. The number of para-hydroxylation sites is 1. The zero-order valence-corrected chi connectivity index (χ0v) is 10.0. The Bertz CT molecular complexity index is 533. The van der Waals surface area contributed by atoms with Gasteiger partial charge in [-0.1, -0.05) is 23.4 Å². The van der Waals surface area contributed by atoms with E-state index in [1.807, 2.05) is 24.3 Å². The summed E-state index contributed by atoms with van der Waals surface area (Å²) >= 11 is 0. The van der Waals surface area contributed by atoms with Gasteiger partial charge in [0, 0.05) is 12.3 Å². The van der Waals surface area contributed by atoms with Crippen molar-refractivity contribution in [1.29, 1.82) is 0 Å². The predicted octanol–water partition coefficient (Wildman–Crippen LogP) is 2.09. The normalized spacial score (nSPS) is 19.2. The van der Waals surface area contributed by atoms with E-state index in [4.69, 9.17) is 15.0 Å². The Kier molecular flexibility index (Phi) is 2.98. The smallest absolute Gasteiger partial charge is 0.231 e. The topological polar surface area (TPSA) is 74.2 Å². The SMILES string of the molecule is Nc1ccccc1Cc1nc(C2CCCO2)no1. The largest absolute Gasteiger partial charge is 0.398 e. The third-order valence-corrected chi connectivity index (χ3v) is 3.10. The van der Waals surface area contributed by atoms with Gasteiger partial charge in [0.25, 0.3) is 0 Å². The molecule has 2 N–H and O–H groups in total. The average Bonchev–Trinajstić information content (AvgIpc) is 3.02. The van der Waals surface area contributed by atoms with Gasteiger partial charge in [-0.3, -0.25) is 0 Å². The third-order valence-electron chi connectivity index (χ3n) is 3.10. The molecule has 3 rings (SSSR count). The molecule has 5 nitrogen and oxygen atoms in total. The highest BCUT2D eigenvalue weighted by Crippen LogP contribution is 2.26. The predicted molar refractivity (Wildman–Crippen MR) is 65.9 cm³/mol.